The first kappa shape index (κ1) is 16.1. The van der Waals surface area contributed by atoms with E-state index in [-0.39, 0.29) is 11.7 Å². The van der Waals surface area contributed by atoms with Gasteiger partial charge in [0.1, 0.15) is 5.82 Å². The largest absolute Gasteiger partial charge is 0.351 e. The molecule has 2 rings (SSSR count). The molecular weight excluding hydrogens is 299 g/mol. The van der Waals surface area contributed by atoms with Crippen molar-refractivity contribution in [3.8, 4) is 6.07 Å². The number of benzene rings is 2. The highest BCUT2D eigenvalue weighted by Crippen LogP contribution is 2.12. The van der Waals surface area contributed by atoms with E-state index >= 15 is 0 Å². The van der Waals surface area contributed by atoms with E-state index in [1.165, 1.54) is 23.9 Å². The molecule has 0 aliphatic carbocycles. The first-order chi connectivity index (χ1) is 10.7. The molecule has 0 atom stereocenters. The zero-order valence-electron chi connectivity index (χ0n) is 11.9. The van der Waals surface area contributed by atoms with Gasteiger partial charge in [-0.2, -0.15) is 5.26 Å². The van der Waals surface area contributed by atoms with Gasteiger partial charge in [-0.25, -0.2) is 4.39 Å². The van der Waals surface area contributed by atoms with Crippen molar-refractivity contribution in [2.24, 2.45) is 0 Å². The highest BCUT2D eigenvalue weighted by Gasteiger charge is 2.03. The first-order valence-corrected chi connectivity index (χ1v) is 7.91. The molecule has 0 spiro atoms. The lowest BCUT2D eigenvalue weighted by atomic mass is 10.2. The third-order valence-corrected chi connectivity index (χ3v) is 3.99. The topological polar surface area (TPSA) is 52.9 Å². The molecule has 0 saturated heterocycles. The van der Waals surface area contributed by atoms with Gasteiger partial charge in [0.2, 0.25) is 5.91 Å². The van der Waals surface area contributed by atoms with Crippen molar-refractivity contribution in [1.82, 2.24) is 5.32 Å². The molecular formula is C17H15FN2OS. The lowest BCUT2D eigenvalue weighted by molar-refractivity contribution is -0.118. The quantitative estimate of drug-likeness (QED) is 0.890. The molecule has 3 nitrogen and oxygen atoms in total. The van der Waals surface area contributed by atoms with Gasteiger partial charge in [-0.05, 0) is 35.4 Å². The van der Waals surface area contributed by atoms with Gasteiger partial charge in [-0.3, -0.25) is 4.79 Å². The van der Waals surface area contributed by atoms with Gasteiger partial charge in [0, 0.05) is 12.3 Å². The number of halogens is 1. The maximum Gasteiger partial charge on any atom is 0.230 e. The van der Waals surface area contributed by atoms with Gasteiger partial charge < -0.3 is 5.32 Å². The lowest BCUT2D eigenvalue weighted by Gasteiger charge is -2.05. The third kappa shape index (κ3) is 5.23. The normalized spacial score (nSPS) is 10.0. The summed E-state index contributed by atoms with van der Waals surface area (Å²) in [5, 5.41) is 11.5. The molecule has 112 valence electrons. The van der Waals surface area contributed by atoms with Crippen LogP contribution in [0.15, 0.2) is 48.5 Å². The molecule has 0 unspecified atom stereocenters. The van der Waals surface area contributed by atoms with Crippen LogP contribution in [0.5, 0.6) is 0 Å². The minimum Gasteiger partial charge on any atom is -0.351 e. The fraction of sp³-hybridized carbons (Fsp3) is 0.176. The summed E-state index contributed by atoms with van der Waals surface area (Å²) in [4.78, 5) is 11.7. The number of amides is 1. The van der Waals surface area contributed by atoms with E-state index < -0.39 is 0 Å². The highest BCUT2D eigenvalue weighted by atomic mass is 32.2. The molecule has 1 N–H and O–H groups in total. The van der Waals surface area contributed by atoms with E-state index in [0.717, 1.165) is 16.9 Å². The van der Waals surface area contributed by atoms with Gasteiger partial charge in [-0.1, -0.05) is 24.3 Å². The van der Waals surface area contributed by atoms with Gasteiger partial charge in [0.15, 0.2) is 0 Å². The molecule has 22 heavy (non-hydrogen) atoms. The molecule has 0 radical (unpaired) electrons. The van der Waals surface area contributed by atoms with Crippen LogP contribution in [0.25, 0.3) is 0 Å². The maximum atomic E-state index is 12.8. The number of nitriles is 1. The Morgan fingerprint density at radius 3 is 2.36 bits per heavy atom. The Bertz CT molecular complexity index is 663. The Morgan fingerprint density at radius 2 is 1.73 bits per heavy atom. The van der Waals surface area contributed by atoms with Crippen molar-refractivity contribution in [2.45, 2.75) is 12.3 Å². The summed E-state index contributed by atoms with van der Waals surface area (Å²) in [7, 11) is 0. The average Bonchev–Trinajstić information content (AvgIpc) is 2.55. The van der Waals surface area contributed by atoms with E-state index in [0.29, 0.717) is 17.9 Å². The standard InChI is InChI=1S/C17H15FN2OS/c18-16-7-5-14(6-8-16)10-20-17(21)12-22-11-15-3-1-13(9-19)2-4-15/h1-8H,10-12H2,(H,20,21). The van der Waals surface area contributed by atoms with Crippen molar-refractivity contribution < 1.29 is 9.18 Å². The summed E-state index contributed by atoms with van der Waals surface area (Å²) in [6.45, 7) is 0.399. The van der Waals surface area contributed by atoms with Gasteiger partial charge in [0.05, 0.1) is 17.4 Å². The monoisotopic (exact) mass is 314 g/mol. The van der Waals surface area contributed by atoms with Crippen molar-refractivity contribution in [1.29, 1.82) is 5.26 Å². The van der Waals surface area contributed by atoms with Crippen molar-refractivity contribution >= 4 is 17.7 Å². The van der Waals surface area contributed by atoms with E-state index in [1.807, 2.05) is 12.1 Å². The van der Waals surface area contributed by atoms with Crippen molar-refractivity contribution in [3.63, 3.8) is 0 Å². The molecule has 5 heteroatoms. The summed E-state index contributed by atoms with van der Waals surface area (Å²) < 4.78 is 12.8. The van der Waals surface area contributed by atoms with Crippen LogP contribution in [0, 0.1) is 17.1 Å². The summed E-state index contributed by atoms with van der Waals surface area (Å²) in [6.07, 6.45) is 0. The molecule has 0 heterocycles. The average molecular weight is 314 g/mol. The lowest BCUT2D eigenvalue weighted by Crippen LogP contribution is -2.24. The zero-order valence-corrected chi connectivity index (χ0v) is 12.7. The van der Waals surface area contributed by atoms with Crippen molar-refractivity contribution in [2.75, 3.05) is 5.75 Å². The Morgan fingerprint density at radius 1 is 1.09 bits per heavy atom. The molecule has 0 fully saturated rings. The number of thioether (sulfide) groups is 1. The van der Waals surface area contributed by atoms with E-state index in [1.54, 1.807) is 24.3 Å². The SMILES string of the molecule is N#Cc1ccc(CSCC(=O)NCc2ccc(F)cc2)cc1. The molecule has 0 aliphatic rings. The van der Waals surface area contributed by atoms with Crippen LogP contribution < -0.4 is 5.32 Å². The Labute approximate surface area is 133 Å². The maximum absolute atomic E-state index is 12.8. The molecule has 0 bridgehead atoms. The number of nitrogens with zero attached hydrogens (tertiary/aromatic N) is 1. The first-order valence-electron chi connectivity index (χ1n) is 6.75. The summed E-state index contributed by atoms with van der Waals surface area (Å²) >= 11 is 1.51. The van der Waals surface area contributed by atoms with E-state index in [2.05, 4.69) is 11.4 Å². The van der Waals surface area contributed by atoms with Crippen LogP contribution in [0.2, 0.25) is 0 Å². The second-order valence-corrected chi connectivity index (χ2v) is 5.69. The fourth-order valence-corrected chi connectivity index (χ4v) is 2.61. The molecule has 2 aromatic rings. The molecule has 1 amide bonds. The van der Waals surface area contributed by atoms with Gasteiger partial charge in [-0.15, -0.1) is 11.8 Å². The Kier molecular flexibility index (Phi) is 5.99. The van der Waals surface area contributed by atoms with E-state index in [4.69, 9.17) is 5.26 Å². The number of rotatable bonds is 6. The molecule has 0 saturated carbocycles. The summed E-state index contributed by atoms with van der Waals surface area (Å²) in [5.74, 6) is 0.743. The number of nitrogens with one attached hydrogen (secondary N) is 1. The second kappa shape index (κ2) is 8.20. The number of hydrogen-bond donors (Lipinski definition) is 1. The second-order valence-electron chi connectivity index (χ2n) is 4.70. The van der Waals surface area contributed by atoms with Gasteiger partial charge in [0.25, 0.3) is 0 Å². The summed E-state index contributed by atoms with van der Waals surface area (Å²) in [5.41, 5.74) is 2.58. The summed E-state index contributed by atoms with van der Waals surface area (Å²) in [6, 6.07) is 15.4. The Hall–Kier alpha value is -2.32. The van der Waals surface area contributed by atoms with Crippen LogP contribution in [0.1, 0.15) is 16.7 Å². The number of hydrogen-bond acceptors (Lipinski definition) is 3. The highest BCUT2D eigenvalue weighted by molar-refractivity contribution is 7.99. The van der Waals surface area contributed by atoms with Crippen LogP contribution in [0.4, 0.5) is 4.39 Å². The van der Waals surface area contributed by atoms with Crippen LogP contribution in [-0.2, 0) is 17.1 Å². The molecule has 0 aliphatic heterocycles. The fourth-order valence-electron chi connectivity index (χ4n) is 1.79. The van der Waals surface area contributed by atoms with Crippen LogP contribution >= 0.6 is 11.8 Å². The van der Waals surface area contributed by atoms with E-state index in [9.17, 15) is 9.18 Å². The number of carbonyl (C=O) groups is 1. The van der Waals surface area contributed by atoms with Crippen LogP contribution in [-0.4, -0.2) is 11.7 Å². The molecule has 0 aromatic heterocycles. The Balaban J connectivity index is 1.69. The minimum absolute atomic E-state index is 0.0528. The van der Waals surface area contributed by atoms with Gasteiger partial charge >= 0.3 is 0 Å². The number of carbonyl (C=O) groups excluding carboxylic acids is 1. The van der Waals surface area contributed by atoms with Crippen molar-refractivity contribution in [3.05, 3.63) is 71.0 Å². The third-order valence-electron chi connectivity index (χ3n) is 2.99. The zero-order chi connectivity index (χ0) is 15.8. The van der Waals surface area contributed by atoms with Crippen LogP contribution in [0.3, 0.4) is 0 Å². The predicted octanol–water partition coefficient (Wildman–Crippen LogP) is 3.25. The smallest absolute Gasteiger partial charge is 0.230 e. The predicted molar refractivity (Wildman–Crippen MR) is 85.6 cm³/mol. The molecule has 2 aromatic carbocycles. The minimum atomic E-state index is -0.284.